The van der Waals surface area contributed by atoms with Crippen LogP contribution in [0.3, 0.4) is 0 Å². The van der Waals surface area contributed by atoms with Gasteiger partial charge in [-0.1, -0.05) is 0 Å². The first kappa shape index (κ1) is 10.8. The van der Waals surface area contributed by atoms with E-state index in [2.05, 4.69) is 0 Å². The molecule has 0 aromatic carbocycles. The Kier molecular flexibility index (Phi) is 2.91. The first-order valence-corrected chi connectivity index (χ1v) is 3.95. The van der Waals surface area contributed by atoms with E-state index in [-0.39, 0.29) is 0 Å². The van der Waals surface area contributed by atoms with Crippen LogP contribution in [0.1, 0.15) is 6.92 Å². The van der Waals surface area contributed by atoms with Gasteiger partial charge in [-0.2, -0.15) is 0 Å². The second-order valence-electron chi connectivity index (χ2n) is 3.32. The summed E-state index contributed by atoms with van der Waals surface area (Å²) in [7, 11) is 0. The van der Waals surface area contributed by atoms with Crippen molar-refractivity contribution < 1.29 is 30.3 Å². The van der Waals surface area contributed by atoms with Gasteiger partial charge in [0.05, 0.1) is 6.61 Å². The lowest BCUT2D eigenvalue weighted by Gasteiger charge is -2.43. The molecule has 0 amide bonds. The monoisotopic (exact) mass is 194 g/mol. The fourth-order valence-electron chi connectivity index (χ4n) is 1.31. The van der Waals surface area contributed by atoms with Crippen LogP contribution >= 0.6 is 0 Å². The summed E-state index contributed by atoms with van der Waals surface area (Å²) in [6, 6.07) is 0. The van der Waals surface area contributed by atoms with E-state index < -0.39 is 36.8 Å². The topological polar surface area (TPSA) is 110 Å². The highest BCUT2D eigenvalue weighted by Gasteiger charge is 2.49. The van der Waals surface area contributed by atoms with Crippen molar-refractivity contribution in [3.05, 3.63) is 0 Å². The van der Waals surface area contributed by atoms with Gasteiger partial charge in [0.25, 0.3) is 0 Å². The van der Waals surface area contributed by atoms with E-state index in [1.807, 2.05) is 0 Å². The SMILES string of the molecule is CC1(O)OC(CO)[C@@H](O)[C@H](O)[C@@H]1O. The predicted octanol–water partition coefficient (Wildman–Crippen LogP) is -2.83. The molecule has 0 spiro atoms. The number of aliphatic hydroxyl groups is 5. The zero-order chi connectivity index (χ0) is 10.2. The van der Waals surface area contributed by atoms with Crippen molar-refractivity contribution >= 4 is 0 Å². The summed E-state index contributed by atoms with van der Waals surface area (Å²) in [4.78, 5) is 0. The molecule has 5 N–H and O–H groups in total. The number of hydrogen-bond acceptors (Lipinski definition) is 6. The molecular weight excluding hydrogens is 180 g/mol. The van der Waals surface area contributed by atoms with Crippen molar-refractivity contribution in [3.8, 4) is 0 Å². The number of ether oxygens (including phenoxy) is 1. The van der Waals surface area contributed by atoms with Crippen LogP contribution in [-0.2, 0) is 4.74 Å². The van der Waals surface area contributed by atoms with Crippen LogP contribution in [0.4, 0.5) is 0 Å². The Morgan fingerprint density at radius 1 is 1.23 bits per heavy atom. The molecule has 6 nitrogen and oxygen atoms in total. The minimum absolute atomic E-state index is 0.541. The standard InChI is InChI=1S/C7H14O6/c1-7(12)6(11)5(10)4(9)3(2-8)13-7/h3-6,8-12H,2H2,1H3/t3?,4-,5+,6+,7?/m1/s1. The molecule has 78 valence electrons. The second kappa shape index (κ2) is 3.49. The smallest absolute Gasteiger partial charge is 0.192 e. The second-order valence-corrected chi connectivity index (χ2v) is 3.32. The van der Waals surface area contributed by atoms with E-state index in [0.29, 0.717) is 0 Å². The molecule has 0 radical (unpaired) electrons. The Hall–Kier alpha value is -0.240. The molecule has 1 aliphatic rings. The van der Waals surface area contributed by atoms with E-state index in [0.717, 1.165) is 6.92 Å². The molecule has 1 fully saturated rings. The highest BCUT2D eigenvalue weighted by atomic mass is 16.7. The maximum Gasteiger partial charge on any atom is 0.192 e. The molecule has 0 aliphatic carbocycles. The van der Waals surface area contributed by atoms with Crippen LogP contribution in [0.5, 0.6) is 0 Å². The first-order chi connectivity index (χ1) is 5.90. The molecular formula is C7H14O6. The van der Waals surface area contributed by atoms with E-state index >= 15 is 0 Å². The van der Waals surface area contributed by atoms with E-state index in [4.69, 9.17) is 9.84 Å². The number of hydrogen-bond donors (Lipinski definition) is 5. The molecule has 1 heterocycles. The molecule has 5 atom stereocenters. The normalized spacial score (nSPS) is 52.2. The molecule has 0 aromatic rings. The van der Waals surface area contributed by atoms with Gasteiger partial charge in [0.15, 0.2) is 5.79 Å². The van der Waals surface area contributed by atoms with Gasteiger partial charge < -0.3 is 30.3 Å². The summed E-state index contributed by atoms with van der Waals surface area (Å²) >= 11 is 0. The summed E-state index contributed by atoms with van der Waals surface area (Å²) in [6.07, 6.45) is -5.61. The number of rotatable bonds is 1. The summed E-state index contributed by atoms with van der Waals surface area (Å²) in [6.45, 7) is 0.608. The van der Waals surface area contributed by atoms with E-state index in [9.17, 15) is 20.4 Å². The van der Waals surface area contributed by atoms with Crippen LogP contribution in [0.25, 0.3) is 0 Å². The first-order valence-electron chi connectivity index (χ1n) is 3.95. The van der Waals surface area contributed by atoms with Gasteiger partial charge in [0.2, 0.25) is 0 Å². The number of aliphatic hydroxyl groups excluding tert-OH is 4. The largest absolute Gasteiger partial charge is 0.394 e. The Bertz CT molecular complexity index is 180. The fraction of sp³-hybridized carbons (Fsp3) is 1.00. The zero-order valence-corrected chi connectivity index (χ0v) is 7.16. The lowest BCUT2D eigenvalue weighted by Crippen LogP contribution is -2.63. The summed E-state index contributed by atoms with van der Waals surface area (Å²) in [5.41, 5.74) is 0. The van der Waals surface area contributed by atoms with E-state index in [1.54, 1.807) is 0 Å². The van der Waals surface area contributed by atoms with Crippen LogP contribution in [0.15, 0.2) is 0 Å². The molecule has 1 aliphatic heterocycles. The van der Waals surface area contributed by atoms with Gasteiger partial charge in [0, 0.05) is 0 Å². The highest BCUT2D eigenvalue weighted by molar-refractivity contribution is 4.93. The predicted molar refractivity (Wildman–Crippen MR) is 40.6 cm³/mol. The van der Waals surface area contributed by atoms with Gasteiger partial charge in [0.1, 0.15) is 24.4 Å². The van der Waals surface area contributed by atoms with Crippen molar-refractivity contribution in [2.45, 2.75) is 37.1 Å². The maximum atomic E-state index is 9.38. The van der Waals surface area contributed by atoms with Crippen molar-refractivity contribution in [2.24, 2.45) is 0 Å². The van der Waals surface area contributed by atoms with Gasteiger partial charge in [-0.25, -0.2) is 0 Å². The minimum Gasteiger partial charge on any atom is -0.394 e. The molecule has 0 saturated carbocycles. The summed E-state index contributed by atoms with van der Waals surface area (Å²) < 4.78 is 4.76. The van der Waals surface area contributed by atoms with Crippen LogP contribution in [0.2, 0.25) is 0 Å². The molecule has 1 rings (SSSR count). The van der Waals surface area contributed by atoms with Gasteiger partial charge in [-0.15, -0.1) is 0 Å². The molecule has 13 heavy (non-hydrogen) atoms. The summed E-state index contributed by atoms with van der Waals surface area (Å²) in [5.74, 6) is -1.95. The van der Waals surface area contributed by atoms with Gasteiger partial charge in [-0.05, 0) is 6.92 Å². The van der Waals surface area contributed by atoms with Crippen LogP contribution in [-0.4, -0.2) is 62.3 Å². The molecule has 0 bridgehead atoms. The van der Waals surface area contributed by atoms with Gasteiger partial charge >= 0.3 is 0 Å². The van der Waals surface area contributed by atoms with Gasteiger partial charge in [-0.3, -0.25) is 0 Å². The van der Waals surface area contributed by atoms with Crippen LogP contribution < -0.4 is 0 Å². The quantitative estimate of drug-likeness (QED) is 0.308. The summed E-state index contributed by atoms with van der Waals surface area (Å²) in [5, 5.41) is 45.8. The average Bonchev–Trinajstić information content (AvgIpc) is 2.08. The van der Waals surface area contributed by atoms with Crippen LogP contribution in [0, 0.1) is 0 Å². The Labute approximate surface area is 75.0 Å². The third kappa shape index (κ3) is 1.83. The third-order valence-electron chi connectivity index (χ3n) is 2.17. The van der Waals surface area contributed by atoms with Crippen molar-refractivity contribution in [1.29, 1.82) is 0 Å². The van der Waals surface area contributed by atoms with Crippen molar-refractivity contribution in [1.82, 2.24) is 0 Å². The molecule has 6 heteroatoms. The minimum atomic E-state index is -1.95. The Morgan fingerprint density at radius 3 is 2.23 bits per heavy atom. The van der Waals surface area contributed by atoms with E-state index in [1.165, 1.54) is 0 Å². The Morgan fingerprint density at radius 2 is 1.77 bits per heavy atom. The molecule has 2 unspecified atom stereocenters. The lowest BCUT2D eigenvalue weighted by molar-refractivity contribution is -0.341. The molecule has 1 saturated heterocycles. The lowest BCUT2D eigenvalue weighted by atomic mass is 9.94. The van der Waals surface area contributed by atoms with Crippen molar-refractivity contribution in [3.63, 3.8) is 0 Å². The average molecular weight is 194 g/mol. The molecule has 0 aromatic heterocycles. The third-order valence-corrected chi connectivity index (χ3v) is 2.17. The maximum absolute atomic E-state index is 9.38. The van der Waals surface area contributed by atoms with Crippen molar-refractivity contribution in [2.75, 3.05) is 6.61 Å². The fourth-order valence-corrected chi connectivity index (χ4v) is 1.31. The zero-order valence-electron chi connectivity index (χ0n) is 7.16. The highest BCUT2D eigenvalue weighted by Crippen LogP contribution is 2.27. The Balaban J connectivity index is 2.79.